The molecule has 6 nitrogen and oxygen atoms in total. The quantitative estimate of drug-likeness (QED) is 0.595. The second-order valence-corrected chi connectivity index (χ2v) is 8.22. The lowest BCUT2D eigenvalue weighted by molar-refractivity contribution is 0.0663. The number of benzene rings is 2. The molecule has 1 aliphatic rings. The van der Waals surface area contributed by atoms with Crippen molar-refractivity contribution in [2.24, 2.45) is 0 Å². The summed E-state index contributed by atoms with van der Waals surface area (Å²) in [4.78, 5) is 18.8. The largest absolute Gasteiger partial charge is 0.491 e. The maximum atomic E-state index is 11.4. The fourth-order valence-electron chi connectivity index (χ4n) is 3.61. The SMILES string of the molecule is O=c1ccc2cc(OCC(O)CN3CCN(c4ccc(Br)cc4)CC3)ccc2[nH]1. The van der Waals surface area contributed by atoms with Crippen LogP contribution in [0, 0.1) is 0 Å². The molecular weight excluding hydrogens is 434 g/mol. The Balaban J connectivity index is 1.25. The Morgan fingerprint density at radius 1 is 1.03 bits per heavy atom. The van der Waals surface area contributed by atoms with E-state index in [-0.39, 0.29) is 12.2 Å². The molecule has 0 amide bonds. The molecule has 1 unspecified atom stereocenters. The Morgan fingerprint density at radius 2 is 1.79 bits per heavy atom. The van der Waals surface area contributed by atoms with E-state index in [1.54, 1.807) is 6.07 Å². The van der Waals surface area contributed by atoms with Crippen molar-refractivity contribution in [3.63, 3.8) is 0 Å². The molecule has 0 aliphatic carbocycles. The van der Waals surface area contributed by atoms with Crippen LogP contribution in [0.15, 0.2) is 63.9 Å². The molecule has 3 aromatic rings. The van der Waals surface area contributed by atoms with Gasteiger partial charge in [0.05, 0.1) is 0 Å². The van der Waals surface area contributed by atoms with Crippen LogP contribution < -0.4 is 15.2 Å². The standard InChI is InChI=1S/C22H24BrN3O3/c23-17-2-4-18(5-3-17)26-11-9-25(10-12-26)14-19(27)15-29-20-6-7-21-16(13-20)1-8-22(28)24-21/h1-8,13,19,27H,9-12,14-15H2,(H,24,28). The zero-order valence-corrected chi connectivity index (χ0v) is 17.6. The van der Waals surface area contributed by atoms with E-state index in [2.05, 4.69) is 55.0 Å². The number of piperazine rings is 1. The van der Waals surface area contributed by atoms with Crippen LogP contribution in [0.2, 0.25) is 0 Å². The summed E-state index contributed by atoms with van der Waals surface area (Å²) < 4.78 is 6.85. The van der Waals surface area contributed by atoms with Crippen LogP contribution in [-0.4, -0.2) is 60.4 Å². The first-order chi connectivity index (χ1) is 14.1. The van der Waals surface area contributed by atoms with Crippen LogP contribution in [0.25, 0.3) is 10.9 Å². The number of fused-ring (bicyclic) bond motifs is 1. The van der Waals surface area contributed by atoms with E-state index in [1.165, 1.54) is 11.8 Å². The van der Waals surface area contributed by atoms with Gasteiger partial charge in [-0.1, -0.05) is 15.9 Å². The molecule has 1 aromatic heterocycles. The highest BCUT2D eigenvalue weighted by Gasteiger charge is 2.19. The molecular formula is C22H24BrN3O3. The maximum absolute atomic E-state index is 11.4. The number of pyridine rings is 1. The molecule has 1 aliphatic heterocycles. The summed E-state index contributed by atoms with van der Waals surface area (Å²) in [6, 6.07) is 17.1. The molecule has 1 fully saturated rings. The number of nitrogens with zero attached hydrogens (tertiary/aromatic N) is 2. The van der Waals surface area contributed by atoms with E-state index in [9.17, 15) is 9.90 Å². The first-order valence-electron chi connectivity index (χ1n) is 9.74. The molecule has 2 N–H and O–H groups in total. The molecule has 2 heterocycles. The van der Waals surface area contributed by atoms with Gasteiger partial charge in [0.15, 0.2) is 0 Å². The second-order valence-electron chi connectivity index (χ2n) is 7.30. The number of aromatic amines is 1. The third-order valence-electron chi connectivity index (χ3n) is 5.17. The average Bonchev–Trinajstić information content (AvgIpc) is 2.73. The number of aliphatic hydroxyl groups excluding tert-OH is 1. The topological polar surface area (TPSA) is 68.8 Å². The van der Waals surface area contributed by atoms with E-state index in [1.807, 2.05) is 18.2 Å². The number of nitrogens with one attached hydrogen (secondary N) is 1. The number of H-pyrrole nitrogens is 1. The summed E-state index contributed by atoms with van der Waals surface area (Å²) in [7, 11) is 0. The Hall–Kier alpha value is -2.35. The number of rotatable bonds is 6. The molecule has 2 aromatic carbocycles. The number of β-amino-alcohol motifs (C(OH)–C–C–N with tert-alkyl or cyclic N) is 1. The van der Waals surface area contributed by atoms with Gasteiger partial charge in [-0.3, -0.25) is 9.69 Å². The predicted molar refractivity (Wildman–Crippen MR) is 119 cm³/mol. The van der Waals surface area contributed by atoms with Crippen LogP contribution in [0.1, 0.15) is 0 Å². The first kappa shape index (κ1) is 19.9. The highest BCUT2D eigenvalue weighted by Crippen LogP contribution is 2.20. The molecule has 0 bridgehead atoms. The minimum Gasteiger partial charge on any atom is -0.491 e. The summed E-state index contributed by atoms with van der Waals surface area (Å²) >= 11 is 3.47. The Kier molecular flexibility index (Phi) is 6.18. The summed E-state index contributed by atoms with van der Waals surface area (Å²) in [6.07, 6.45) is -0.555. The van der Waals surface area contributed by atoms with Crippen molar-refractivity contribution < 1.29 is 9.84 Å². The van der Waals surface area contributed by atoms with Gasteiger partial charge in [0, 0.05) is 59.9 Å². The fraction of sp³-hybridized carbons (Fsp3) is 0.318. The van der Waals surface area contributed by atoms with Crippen molar-refractivity contribution in [2.45, 2.75) is 6.10 Å². The summed E-state index contributed by atoms with van der Waals surface area (Å²) in [6.45, 7) is 4.54. The van der Waals surface area contributed by atoms with Crippen LogP contribution >= 0.6 is 15.9 Å². The van der Waals surface area contributed by atoms with Crippen LogP contribution in [-0.2, 0) is 0 Å². The highest BCUT2D eigenvalue weighted by molar-refractivity contribution is 9.10. The highest BCUT2D eigenvalue weighted by atomic mass is 79.9. The third-order valence-corrected chi connectivity index (χ3v) is 5.70. The zero-order valence-electron chi connectivity index (χ0n) is 16.1. The van der Waals surface area contributed by atoms with Gasteiger partial charge in [-0.05, 0) is 48.5 Å². The number of hydrogen-bond donors (Lipinski definition) is 2. The number of hydrogen-bond acceptors (Lipinski definition) is 5. The normalized spacial score (nSPS) is 16.1. The molecule has 0 radical (unpaired) electrons. The zero-order chi connectivity index (χ0) is 20.2. The molecule has 152 valence electrons. The van der Waals surface area contributed by atoms with E-state index >= 15 is 0 Å². The number of anilines is 1. The first-order valence-corrected chi connectivity index (χ1v) is 10.5. The molecule has 29 heavy (non-hydrogen) atoms. The maximum Gasteiger partial charge on any atom is 0.248 e. The Morgan fingerprint density at radius 3 is 2.55 bits per heavy atom. The molecule has 0 spiro atoms. The lowest BCUT2D eigenvalue weighted by Crippen LogP contribution is -2.49. The summed E-state index contributed by atoms with van der Waals surface area (Å²) in [5, 5.41) is 11.3. The van der Waals surface area contributed by atoms with Crippen molar-refractivity contribution in [1.29, 1.82) is 0 Å². The van der Waals surface area contributed by atoms with Crippen LogP contribution in [0.5, 0.6) is 5.75 Å². The van der Waals surface area contributed by atoms with Gasteiger partial charge in [0.1, 0.15) is 18.5 Å². The van der Waals surface area contributed by atoms with Crippen LogP contribution in [0.3, 0.4) is 0 Å². The van der Waals surface area contributed by atoms with Gasteiger partial charge in [0.2, 0.25) is 5.56 Å². The number of aromatic nitrogens is 1. The number of ether oxygens (including phenoxy) is 1. The van der Waals surface area contributed by atoms with Crippen LogP contribution in [0.4, 0.5) is 5.69 Å². The van der Waals surface area contributed by atoms with Crippen molar-refractivity contribution in [3.05, 3.63) is 69.4 Å². The third kappa shape index (κ3) is 5.18. The molecule has 0 saturated carbocycles. The van der Waals surface area contributed by atoms with Gasteiger partial charge in [-0.15, -0.1) is 0 Å². The summed E-state index contributed by atoms with van der Waals surface area (Å²) in [5.74, 6) is 0.684. The monoisotopic (exact) mass is 457 g/mol. The van der Waals surface area contributed by atoms with Crippen molar-refractivity contribution >= 4 is 32.5 Å². The van der Waals surface area contributed by atoms with Gasteiger partial charge in [-0.25, -0.2) is 0 Å². The van der Waals surface area contributed by atoms with E-state index in [4.69, 9.17) is 4.74 Å². The second kappa shape index (κ2) is 8.98. The van der Waals surface area contributed by atoms with E-state index in [0.29, 0.717) is 12.3 Å². The minimum absolute atomic E-state index is 0.123. The van der Waals surface area contributed by atoms with E-state index < -0.39 is 6.10 Å². The smallest absolute Gasteiger partial charge is 0.248 e. The Labute approximate surface area is 177 Å². The van der Waals surface area contributed by atoms with Gasteiger partial charge in [-0.2, -0.15) is 0 Å². The van der Waals surface area contributed by atoms with Crippen molar-refractivity contribution in [2.75, 3.05) is 44.2 Å². The minimum atomic E-state index is -0.555. The number of halogens is 1. The lowest BCUT2D eigenvalue weighted by atomic mass is 10.2. The van der Waals surface area contributed by atoms with E-state index in [0.717, 1.165) is 41.6 Å². The molecule has 4 rings (SSSR count). The number of aliphatic hydroxyl groups is 1. The van der Waals surface area contributed by atoms with Crippen molar-refractivity contribution in [1.82, 2.24) is 9.88 Å². The fourth-order valence-corrected chi connectivity index (χ4v) is 3.87. The average molecular weight is 458 g/mol. The van der Waals surface area contributed by atoms with Gasteiger partial charge in [0.25, 0.3) is 0 Å². The molecule has 7 heteroatoms. The molecule has 1 atom stereocenters. The lowest BCUT2D eigenvalue weighted by Gasteiger charge is -2.36. The Bertz CT molecular complexity index is 1010. The van der Waals surface area contributed by atoms with Crippen molar-refractivity contribution in [3.8, 4) is 5.75 Å². The summed E-state index contributed by atoms with van der Waals surface area (Å²) in [5.41, 5.74) is 1.88. The molecule has 1 saturated heterocycles. The van der Waals surface area contributed by atoms with Gasteiger partial charge < -0.3 is 19.7 Å². The van der Waals surface area contributed by atoms with Gasteiger partial charge >= 0.3 is 0 Å². The predicted octanol–water partition coefficient (Wildman–Crippen LogP) is 2.85.